The Morgan fingerprint density at radius 1 is 1.32 bits per heavy atom. The number of H-pyrrole nitrogens is 1. The van der Waals surface area contributed by atoms with E-state index in [4.69, 9.17) is 0 Å². The zero-order valence-electron chi connectivity index (χ0n) is 10.1. The number of aryl methyl sites for hydroxylation is 1. The Kier molecular flexibility index (Phi) is 2.09. The highest BCUT2D eigenvalue weighted by Crippen LogP contribution is 2.44. The molecule has 7 heteroatoms. The maximum absolute atomic E-state index is 13.8. The van der Waals surface area contributed by atoms with Crippen molar-refractivity contribution >= 4 is 22.5 Å². The van der Waals surface area contributed by atoms with Crippen LogP contribution in [0.3, 0.4) is 0 Å². The third kappa shape index (κ3) is 1.41. The van der Waals surface area contributed by atoms with E-state index >= 15 is 0 Å². The lowest BCUT2D eigenvalue weighted by Gasteiger charge is -2.09. The SMILES string of the molecule is Cc1nc2cc3c(cc2c(=O)[nH]1)N(C)C(=O)C3(F)F. The number of nitrogens with one attached hydrogen (secondary N) is 1. The zero-order chi connectivity index (χ0) is 13.9. The Hall–Kier alpha value is -2.31. The molecule has 0 fully saturated rings. The van der Waals surface area contributed by atoms with Crippen LogP contribution in [0.15, 0.2) is 16.9 Å². The van der Waals surface area contributed by atoms with Crippen molar-refractivity contribution in [2.24, 2.45) is 0 Å². The van der Waals surface area contributed by atoms with Gasteiger partial charge in [-0.2, -0.15) is 8.78 Å². The summed E-state index contributed by atoms with van der Waals surface area (Å²) in [5, 5.41) is 0.182. The molecule has 0 bridgehead atoms. The first kappa shape index (κ1) is 11.8. The van der Waals surface area contributed by atoms with Gasteiger partial charge in [0, 0.05) is 7.05 Å². The second kappa shape index (κ2) is 3.37. The highest BCUT2D eigenvalue weighted by atomic mass is 19.3. The number of rotatable bonds is 0. The van der Waals surface area contributed by atoms with Crippen LogP contribution >= 0.6 is 0 Å². The lowest BCUT2D eigenvalue weighted by atomic mass is 10.1. The Bertz CT molecular complexity index is 782. The standard InChI is InChI=1S/C12H9F2N3O2/c1-5-15-8-4-7-9(3-6(8)10(18)16-5)17(2)11(19)12(7,13)14/h3-4H,1-2H3,(H,15,16,18). The van der Waals surface area contributed by atoms with Crippen LogP contribution in [0.1, 0.15) is 11.4 Å². The van der Waals surface area contributed by atoms with E-state index in [0.717, 1.165) is 11.0 Å². The van der Waals surface area contributed by atoms with Gasteiger partial charge in [0.25, 0.3) is 5.56 Å². The summed E-state index contributed by atoms with van der Waals surface area (Å²) < 4.78 is 27.6. The fraction of sp³-hybridized carbons (Fsp3) is 0.250. The molecule has 1 aliphatic heterocycles. The number of carbonyl (C=O) groups is 1. The van der Waals surface area contributed by atoms with Gasteiger partial charge in [0.05, 0.1) is 22.2 Å². The van der Waals surface area contributed by atoms with Crippen LogP contribution in [0.2, 0.25) is 0 Å². The van der Waals surface area contributed by atoms with Crippen LogP contribution < -0.4 is 10.5 Å². The highest BCUT2D eigenvalue weighted by Gasteiger charge is 2.51. The molecule has 0 saturated heterocycles. The predicted octanol–water partition coefficient (Wildman–Crippen LogP) is 1.30. The molecule has 2 aromatic rings. The quantitative estimate of drug-likeness (QED) is 0.780. The summed E-state index contributed by atoms with van der Waals surface area (Å²) >= 11 is 0. The zero-order valence-corrected chi connectivity index (χ0v) is 10.1. The molecule has 1 aromatic heterocycles. The third-order valence-corrected chi connectivity index (χ3v) is 3.21. The second-order valence-electron chi connectivity index (χ2n) is 4.48. The number of aromatic amines is 1. The maximum Gasteiger partial charge on any atom is 0.352 e. The van der Waals surface area contributed by atoms with Gasteiger partial charge >= 0.3 is 11.8 Å². The summed E-state index contributed by atoms with van der Waals surface area (Å²) in [6.07, 6.45) is 0. The van der Waals surface area contributed by atoms with Crippen molar-refractivity contribution in [3.05, 3.63) is 33.9 Å². The minimum atomic E-state index is -3.57. The number of alkyl halides is 2. The molecule has 0 saturated carbocycles. The second-order valence-corrected chi connectivity index (χ2v) is 4.48. The Morgan fingerprint density at radius 3 is 2.68 bits per heavy atom. The Labute approximate surface area is 105 Å². The number of benzene rings is 1. The van der Waals surface area contributed by atoms with Crippen LogP contribution in [0, 0.1) is 6.92 Å². The van der Waals surface area contributed by atoms with E-state index in [-0.39, 0.29) is 16.6 Å². The van der Waals surface area contributed by atoms with Gasteiger partial charge in [-0.1, -0.05) is 0 Å². The first-order valence-electron chi connectivity index (χ1n) is 5.53. The van der Waals surface area contributed by atoms with Gasteiger partial charge < -0.3 is 9.88 Å². The van der Waals surface area contributed by atoms with E-state index in [1.165, 1.54) is 13.1 Å². The molecular formula is C12H9F2N3O2. The Morgan fingerprint density at radius 2 is 2.00 bits per heavy atom. The fourth-order valence-electron chi connectivity index (χ4n) is 2.26. The van der Waals surface area contributed by atoms with Gasteiger partial charge in [-0.25, -0.2) is 4.98 Å². The minimum Gasteiger partial charge on any atom is -0.310 e. The molecule has 0 atom stereocenters. The average Bonchev–Trinajstić information content (AvgIpc) is 2.50. The first-order valence-corrected chi connectivity index (χ1v) is 5.53. The molecule has 1 amide bonds. The number of hydrogen-bond donors (Lipinski definition) is 1. The van der Waals surface area contributed by atoms with Gasteiger partial charge in [-0.3, -0.25) is 9.59 Å². The highest BCUT2D eigenvalue weighted by molar-refractivity contribution is 6.07. The number of carbonyl (C=O) groups excluding carboxylic acids is 1. The Balaban J connectivity index is 2.43. The van der Waals surface area contributed by atoms with Crippen LogP contribution in [0.4, 0.5) is 14.5 Å². The van der Waals surface area contributed by atoms with Crippen molar-refractivity contribution < 1.29 is 13.6 Å². The summed E-state index contributed by atoms with van der Waals surface area (Å²) in [4.78, 5) is 30.6. The number of amides is 1. The molecule has 0 unspecified atom stereocenters. The summed E-state index contributed by atoms with van der Waals surface area (Å²) in [7, 11) is 1.25. The van der Waals surface area contributed by atoms with Crippen LogP contribution in [-0.2, 0) is 10.7 Å². The number of halogens is 2. The molecule has 5 nitrogen and oxygen atoms in total. The predicted molar refractivity (Wildman–Crippen MR) is 64.4 cm³/mol. The molecular weight excluding hydrogens is 256 g/mol. The van der Waals surface area contributed by atoms with E-state index in [1.54, 1.807) is 6.92 Å². The van der Waals surface area contributed by atoms with Crippen molar-refractivity contribution in [3.8, 4) is 0 Å². The molecule has 3 rings (SSSR count). The van der Waals surface area contributed by atoms with E-state index in [9.17, 15) is 18.4 Å². The van der Waals surface area contributed by atoms with E-state index < -0.39 is 23.0 Å². The average molecular weight is 265 g/mol. The van der Waals surface area contributed by atoms with Gasteiger partial charge in [0.1, 0.15) is 5.82 Å². The summed E-state index contributed by atoms with van der Waals surface area (Å²) in [5.74, 6) is -4.54. The first-order chi connectivity index (χ1) is 8.82. The minimum absolute atomic E-state index is 0.0404. The van der Waals surface area contributed by atoms with Crippen molar-refractivity contribution in [2.75, 3.05) is 11.9 Å². The summed E-state index contributed by atoms with van der Waals surface area (Å²) in [6, 6.07) is 2.38. The normalized spacial score (nSPS) is 17.1. The van der Waals surface area contributed by atoms with Crippen molar-refractivity contribution in [2.45, 2.75) is 12.8 Å². The number of anilines is 1. The van der Waals surface area contributed by atoms with Gasteiger partial charge in [-0.15, -0.1) is 0 Å². The maximum atomic E-state index is 13.8. The molecule has 0 aliphatic carbocycles. The topological polar surface area (TPSA) is 66.1 Å². The third-order valence-electron chi connectivity index (χ3n) is 3.21. The van der Waals surface area contributed by atoms with Crippen LogP contribution in [0.25, 0.3) is 10.9 Å². The smallest absolute Gasteiger partial charge is 0.310 e. The molecule has 19 heavy (non-hydrogen) atoms. The van der Waals surface area contributed by atoms with Crippen LogP contribution in [-0.4, -0.2) is 22.9 Å². The van der Waals surface area contributed by atoms with Gasteiger partial charge in [0.2, 0.25) is 0 Å². The van der Waals surface area contributed by atoms with Gasteiger partial charge in [0.15, 0.2) is 0 Å². The number of nitrogens with zero attached hydrogens (tertiary/aromatic N) is 2. The largest absolute Gasteiger partial charge is 0.352 e. The van der Waals surface area contributed by atoms with Crippen molar-refractivity contribution in [3.63, 3.8) is 0 Å². The number of hydrogen-bond acceptors (Lipinski definition) is 3. The molecule has 1 N–H and O–H groups in total. The van der Waals surface area contributed by atoms with Crippen molar-refractivity contribution in [1.29, 1.82) is 0 Å². The van der Waals surface area contributed by atoms with E-state index in [1.807, 2.05) is 0 Å². The van der Waals surface area contributed by atoms with Crippen LogP contribution in [0.5, 0.6) is 0 Å². The van der Waals surface area contributed by atoms with Gasteiger partial charge in [-0.05, 0) is 19.1 Å². The number of fused-ring (bicyclic) bond motifs is 2. The van der Waals surface area contributed by atoms with E-state index in [0.29, 0.717) is 5.82 Å². The summed E-state index contributed by atoms with van der Waals surface area (Å²) in [5.41, 5.74) is -0.632. The summed E-state index contributed by atoms with van der Waals surface area (Å²) in [6.45, 7) is 1.56. The monoisotopic (exact) mass is 265 g/mol. The number of aromatic nitrogens is 2. The lowest BCUT2D eigenvalue weighted by molar-refractivity contribution is -0.141. The molecule has 0 radical (unpaired) electrons. The fourth-order valence-corrected chi connectivity index (χ4v) is 2.26. The molecule has 1 aliphatic rings. The molecule has 1 aromatic carbocycles. The molecule has 2 heterocycles. The molecule has 0 spiro atoms. The van der Waals surface area contributed by atoms with Crippen molar-refractivity contribution in [1.82, 2.24) is 9.97 Å². The number of likely N-dealkylation sites (N-methyl/N-ethyl adjacent to an activating group) is 1. The lowest BCUT2D eigenvalue weighted by Crippen LogP contribution is -2.31. The van der Waals surface area contributed by atoms with E-state index in [2.05, 4.69) is 9.97 Å². The molecule has 98 valence electrons.